The van der Waals surface area contributed by atoms with Crippen molar-refractivity contribution in [2.45, 2.75) is 32.7 Å². The number of amides is 1. The zero-order chi connectivity index (χ0) is 24.4. The number of ether oxygens (including phenoxy) is 2. The molecule has 1 aromatic heterocycles. The largest absolute Gasteiger partial charge is 0.454 e. The molecule has 0 saturated carbocycles. The highest BCUT2D eigenvalue weighted by Crippen LogP contribution is 2.34. The zero-order valence-corrected chi connectivity index (χ0v) is 19.8. The van der Waals surface area contributed by atoms with Gasteiger partial charge in [-0.05, 0) is 55.3 Å². The Balaban J connectivity index is 1.67. The summed E-state index contributed by atoms with van der Waals surface area (Å²) in [4.78, 5) is 34.3. The molecule has 4 aromatic rings. The first-order valence-electron chi connectivity index (χ1n) is 11.9. The van der Waals surface area contributed by atoms with Gasteiger partial charge >= 0.3 is 0 Å². The van der Waals surface area contributed by atoms with Gasteiger partial charge in [0.25, 0.3) is 11.5 Å². The van der Waals surface area contributed by atoms with E-state index in [1.807, 2.05) is 67.3 Å². The Kier molecular flexibility index (Phi) is 6.23. The minimum atomic E-state index is -0.412. The van der Waals surface area contributed by atoms with Crippen LogP contribution in [0, 0.1) is 0 Å². The topological polar surface area (TPSA) is 73.7 Å². The monoisotopic (exact) mass is 469 g/mol. The molecule has 1 atom stereocenters. The van der Waals surface area contributed by atoms with Crippen molar-refractivity contribution in [2.75, 3.05) is 13.3 Å². The van der Waals surface area contributed by atoms with E-state index >= 15 is 0 Å². The lowest BCUT2D eigenvalue weighted by molar-refractivity contribution is 0.0659. The van der Waals surface area contributed by atoms with Gasteiger partial charge in [-0.15, -0.1) is 0 Å². The molecule has 5 rings (SSSR count). The Labute approximate surface area is 203 Å². The van der Waals surface area contributed by atoms with Gasteiger partial charge in [0, 0.05) is 12.1 Å². The quantitative estimate of drug-likeness (QED) is 0.376. The van der Waals surface area contributed by atoms with Crippen LogP contribution in [0.4, 0.5) is 0 Å². The molecule has 0 aliphatic carbocycles. The van der Waals surface area contributed by atoms with Gasteiger partial charge in [0.05, 0.1) is 22.6 Å². The molecule has 1 aliphatic heterocycles. The molecule has 178 valence electrons. The Morgan fingerprint density at radius 3 is 2.51 bits per heavy atom. The number of para-hydroxylation sites is 2. The summed E-state index contributed by atoms with van der Waals surface area (Å²) in [5, 5.41) is 0.541. The molecule has 0 bridgehead atoms. The molecule has 7 heteroatoms. The molecule has 0 N–H and O–H groups in total. The summed E-state index contributed by atoms with van der Waals surface area (Å²) in [6.45, 7) is 4.71. The molecule has 1 unspecified atom stereocenters. The van der Waals surface area contributed by atoms with Crippen molar-refractivity contribution in [1.29, 1.82) is 0 Å². The van der Waals surface area contributed by atoms with Crippen LogP contribution in [-0.2, 0) is 0 Å². The average molecular weight is 470 g/mol. The lowest BCUT2D eigenvalue weighted by Crippen LogP contribution is -2.39. The van der Waals surface area contributed by atoms with Crippen LogP contribution in [0.2, 0.25) is 0 Å². The zero-order valence-electron chi connectivity index (χ0n) is 19.8. The van der Waals surface area contributed by atoms with E-state index < -0.39 is 6.04 Å². The third kappa shape index (κ3) is 4.14. The van der Waals surface area contributed by atoms with Crippen LogP contribution in [0.1, 0.15) is 48.9 Å². The van der Waals surface area contributed by atoms with Gasteiger partial charge in [-0.3, -0.25) is 14.2 Å². The first kappa shape index (κ1) is 22.7. The van der Waals surface area contributed by atoms with Gasteiger partial charge in [0.1, 0.15) is 5.82 Å². The Bertz CT molecular complexity index is 1430. The smallest absolute Gasteiger partial charge is 0.266 e. The van der Waals surface area contributed by atoms with Crippen molar-refractivity contribution in [1.82, 2.24) is 14.5 Å². The predicted molar refractivity (Wildman–Crippen MR) is 134 cm³/mol. The molecule has 2 heterocycles. The fraction of sp³-hybridized carbons (Fsp3) is 0.250. The van der Waals surface area contributed by atoms with E-state index in [4.69, 9.17) is 14.5 Å². The van der Waals surface area contributed by atoms with E-state index in [0.29, 0.717) is 46.8 Å². The molecule has 7 nitrogen and oxygen atoms in total. The number of aromatic nitrogens is 2. The Morgan fingerprint density at radius 1 is 1.00 bits per heavy atom. The van der Waals surface area contributed by atoms with Gasteiger partial charge in [0.2, 0.25) is 6.79 Å². The number of rotatable bonds is 7. The van der Waals surface area contributed by atoms with Crippen molar-refractivity contribution in [3.05, 3.63) is 94.5 Å². The second-order valence-corrected chi connectivity index (χ2v) is 8.45. The standard InChI is InChI=1S/C28H27N3O4/c1-3-16-30(27(32)19-14-15-24-25(17-19)35-18-34-24)23(4-2)26-29-22-13-9-8-12-21(22)28(33)31(26)20-10-6-5-7-11-20/h5-15,17,23H,3-4,16,18H2,1-2H3. The lowest BCUT2D eigenvalue weighted by atomic mass is 10.1. The summed E-state index contributed by atoms with van der Waals surface area (Å²) in [6, 6.07) is 21.6. The number of carbonyl (C=O) groups is 1. The summed E-state index contributed by atoms with van der Waals surface area (Å²) in [5.41, 5.74) is 1.69. The van der Waals surface area contributed by atoms with Gasteiger partial charge in [-0.25, -0.2) is 4.98 Å². The Hall–Kier alpha value is -4.13. The van der Waals surface area contributed by atoms with E-state index in [2.05, 4.69) is 0 Å². The van der Waals surface area contributed by atoms with Crippen molar-refractivity contribution < 1.29 is 14.3 Å². The summed E-state index contributed by atoms with van der Waals surface area (Å²) in [7, 11) is 0. The molecule has 1 amide bonds. The number of nitrogens with zero attached hydrogens (tertiary/aromatic N) is 3. The predicted octanol–water partition coefficient (Wildman–Crippen LogP) is 5.12. The molecule has 0 radical (unpaired) electrons. The SMILES string of the molecule is CCCN(C(=O)c1ccc2c(c1)OCO2)C(CC)c1nc2ccccc2c(=O)n1-c1ccccc1. The van der Waals surface area contributed by atoms with Crippen molar-refractivity contribution >= 4 is 16.8 Å². The normalized spacial score (nSPS) is 13.1. The van der Waals surface area contributed by atoms with Gasteiger partial charge < -0.3 is 14.4 Å². The minimum Gasteiger partial charge on any atom is -0.454 e. The van der Waals surface area contributed by atoms with Crippen LogP contribution in [0.5, 0.6) is 11.5 Å². The first-order chi connectivity index (χ1) is 17.1. The van der Waals surface area contributed by atoms with E-state index in [9.17, 15) is 9.59 Å². The van der Waals surface area contributed by atoms with Crippen LogP contribution < -0.4 is 15.0 Å². The summed E-state index contributed by atoms with van der Waals surface area (Å²) in [5.74, 6) is 1.60. The molecule has 3 aromatic carbocycles. The molecule has 0 spiro atoms. The maximum absolute atomic E-state index is 13.8. The van der Waals surface area contributed by atoms with Crippen molar-refractivity contribution in [3.63, 3.8) is 0 Å². The fourth-order valence-corrected chi connectivity index (χ4v) is 4.58. The van der Waals surface area contributed by atoms with Crippen LogP contribution >= 0.6 is 0 Å². The second-order valence-electron chi connectivity index (χ2n) is 8.45. The number of carbonyl (C=O) groups excluding carboxylic acids is 1. The average Bonchev–Trinajstić information content (AvgIpc) is 3.37. The number of benzene rings is 3. The fourth-order valence-electron chi connectivity index (χ4n) is 4.58. The highest BCUT2D eigenvalue weighted by Gasteiger charge is 2.30. The molecular weight excluding hydrogens is 442 g/mol. The highest BCUT2D eigenvalue weighted by molar-refractivity contribution is 5.95. The number of fused-ring (bicyclic) bond motifs is 2. The number of hydrogen-bond donors (Lipinski definition) is 0. The molecule has 35 heavy (non-hydrogen) atoms. The molecule has 0 saturated heterocycles. The molecular formula is C28H27N3O4. The third-order valence-corrected chi connectivity index (χ3v) is 6.22. The van der Waals surface area contributed by atoms with Crippen LogP contribution in [-0.4, -0.2) is 33.7 Å². The molecule has 1 aliphatic rings. The van der Waals surface area contributed by atoms with E-state index in [0.717, 1.165) is 12.1 Å². The maximum Gasteiger partial charge on any atom is 0.266 e. The second kappa shape index (κ2) is 9.62. The van der Waals surface area contributed by atoms with E-state index in [1.165, 1.54) is 0 Å². The maximum atomic E-state index is 13.8. The lowest BCUT2D eigenvalue weighted by Gasteiger charge is -2.32. The van der Waals surface area contributed by atoms with E-state index in [1.54, 1.807) is 28.8 Å². The first-order valence-corrected chi connectivity index (χ1v) is 11.9. The Morgan fingerprint density at radius 2 is 1.74 bits per heavy atom. The number of hydrogen-bond acceptors (Lipinski definition) is 5. The summed E-state index contributed by atoms with van der Waals surface area (Å²) in [6.07, 6.45) is 1.35. The van der Waals surface area contributed by atoms with Crippen LogP contribution in [0.3, 0.4) is 0 Å². The van der Waals surface area contributed by atoms with Gasteiger partial charge in [-0.1, -0.05) is 44.2 Å². The third-order valence-electron chi connectivity index (χ3n) is 6.22. The minimum absolute atomic E-state index is 0.140. The molecule has 0 fully saturated rings. The van der Waals surface area contributed by atoms with Crippen LogP contribution in [0.25, 0.3) is 16.6 Å². The van der Waals surface area contributed by atoms with Crippen LogP contribution in [0.15, 0.2) is 77.6 Å². The summed E-state index contributed by atoms with van der Waals surface area (Å²) >= 11 is 0. The van der Waals surface area contributed by atoms with Crippen molar-refractivity contribution in [2.24, 2.45) is 0 Å². The highest BCUT2D eigenvalue weighted by atomic mass is 16.7. The van der Waals surface area contributed by atoms with Gasteiger partial charge in [0.15, 0.2) is 11.5 Å². The summed E-state index contributed by atoms with van der Waals surface area (Å²) < 4.78 is 12.5. The van der Waals surface area contributed by atoms with E-state index in [-0.39, 0.29) is 18.3 Å². The van der Waals surface area contributed by atoms with Gasteiger partial charge in [-0.2, -0.15) is 0 Å². The van der Waals surface area contributed by atoms with Crippen molar-refractivity contribution in [3.8, 4) is 17.2 Å².